The van der Waals surface area contributed by atoms with E-state index in [1.807, 2.05) is 54.6 Å². The Labute approximate surface area is 167 Å². The number of nitrogens with zero attached hydrogens (tertiary/aromatic N) is 1. The summed E-state index contributed by atoms with van der Waals surface area (Å²) < 4.78 is 16.6. The summed E-state index contributed by atoms with van der Waals surface area (Å²) in [6.07, 6.45) is 1.24. The van der Waals surface area contributed by atoms with Crippen LogP contribution >= 0.6 is 0 Å². The van der Waals surface area contributed by atoms with E-state index in [0.717, 1.165) is 0 Å². The zero-order valence-electron chi connectivity index (χ0n) is 15.7. The second-order valence-corrected chi connectivity index (χ2v) is 6.13. The Morgan fingerprint density at radius 2 is 1.69 bits per heavy atom. The molecule has 0 aliphatic rings. The summed E-state index contributed by atoms with van der Waals surface area (Å²) in [6, 6.07) is 23.9. The highest BCUT2D eigenvalue weighted by atomic mass is 16.5. The molecular formula is C23H18N2O4. The summed E-state index contributed by atoms with van der Waals surface area (Å²) in [6.45, 7) is 0. The largest absolute Gasteiger partial charge is 0.496 e. The first-order valence-corrected chi connectivity index (χ1v) is 8.96. The third-order valence-electron chi connectivity index (χ3n) is 4.20. The number of hydrogen-bond donors (Lipinski definition) is 1. The predicted molar refractivity (Wildman–Crippen MR) is 109 cm³/mol. The van der Waals surface area contributed by atoms with E-state index in [0.29, 0.717) is 34.3 Å². The number of benzene rings is 3. The molecule has 0 radical (unpaired) electrons. The first-order valence-electron chi connectivity index (χ1n) is 8.96. The van der Waals surface area contributed by atoms with E-state index in [-0.39, 0.29) is 5.69 Å². The van der Waals surface area contributed by atoms with Gasteiger partial charge in [-0.25, -0.2) is 4.98 Å². The van der Waals surface area contributed by atoms with Gasteiger partial charge in [-0.1, -0.05) is 36.4 Å². The van der Waals surface area contributed by atoms with Crippen molar-refractivity contribution >= 4 is 11.6 Å². The Kier molecular flexibility index (Phi) is 5.25. The van der Waals surface area contributed by atoms with Crippen LogP contribution in [0.3, 0.4) is 0 Å². The van der Waals surface area contributed by atoms with E-state index < -0.39 is 5.91 Å². The Balaban J connectivity index is 1.55. The second-order valence-electron chi connectivity index (χ2n) is 6.13. The predicted octanol–water partition coefficient (Wildman–Crippen LogP) is 5.39. The highest BCUT2D eigenvalue weighted by Crippen LogP contribution is 2.32. The molecule has 6 nitrogen and oxygen atoms in total. The zero-order chi connectivity index (χ0) is 20.1. The lowest BCUT2D eigenvalue weighted by Gasteiger charge is -2.09. The second kappa shape index (κ2) is 8.31. The summed E-state index contributed by atoms with van der Waals surface area (Å²) in [5.41, 5.74) is 1.40. The van der Waals surface area contributed by atoms with Crippen LogP contribution < -0.4 is 14.8 Å². The maximum Gasteiger partial charge on any atom is 0.278 e. The number of rotatable bonds is 6. The quantitative estimate of drug-likeness (QED) is 0.481. The van der Waals surface area contributed by atoms with Crippen LogP contribution in [0.5, 0.6) is 17.2 Å². The molecular weight excluding hydrogens is 368 g/mol. The Morgan fingerprint density at radius 1 is 0.931 bits per heavy atom. The molecule has 1 aromatic heterocycles. The summed E-state index contributed by atoms with van der Waals surface area (Å²) in [5.74, 6) is 1.87. The van der Waals surface area contributed by atoms with Crippen molar-refractivity contribution in [3.05, 3.63) is 91.0 Å². The van der Waals surface area contributed by atoms with Crippen LogP contribution in [0.25, 0.3) is 11.3 Å². The lowest BCUT2D eigenvalue weighted by molar-refractivity contribution is 0.102. The molecule has 1 amide bonds. The zero-order valence-corrected chi connectivity index (χ0v) is 15.7. The molecule has 1 heterocycles. The van der Waals surface area contributed by atoms with Crippen molar-refractivity contribution in [3.8, 4) is 28.6 Å². The Morgan fingerprint density at radius 3 is 2.52 bits per heavy atom. The summed E-state index contributed by atoms with van der Waals surface area (Å²) in [5, 5.41) is 2.84. The normalized spacial score (nSPS) is 10.4. The first kappa shape index (κ1) is 18.3. The van der Waals surface area contributed by atoms with Gasteiger partial charge in [0.05, 0.1) is 12.7 Å². The van der Waals surface area contributed by atoms with Gasteiger partial charge < -0.3 is 19.2 Å². The van der Waals surface area contributed by atoms with Crippen molar-refractivity contribution in [2.45, 2.75) is 0 Å². The third-order valence-corrected chi connectivity index (χ3v) is 4.20. The van der Waals surface area contributed by atoms with Gasteiger partial charge in [-0.3, -0.25) is 4.79 Å². The fraction of sp³-hybridized carbons (Fsp3) is 0.0435. The Bertz CT molecular complexity index is 1120. The fourth-order valence-corrected chi connectivity index (χ4v) is 2.88. The maximum absolute atomic E-state index is 12.8. The van der Waals surface area contributed by atoms with Gasteiger partial charge in [0.25, 0.3) is 5.91 Å². The van der Waals surface area contributed by atoms with E-state index in [2.05, 4.69) is 10.3 Å². The first-order chi connectivity index (χ1) is 14.2. The van der Waals surface area contributed by atoms with Crippen LogP contribution in [0.4, 0.5) is 5.69 Å². The molecule has 0 unspecified atom stereocenters. The molecule has 4 aromatic rings. The molecule has 0 saturated heterocycles. The minimum atomic E-state index is -0.392. The average Bonchev–Trinajstić information content (AvgIpc) is 3.24. The monoisotopic (exact) mass is 386 g/mol. The van der Waals surface area contributed by atoms with Gasteiger partial charge in [0.1, 0.15) is 17.2 Å². The molecule has 29 heavy (non-hydrogen) atoms. The van der Waals surface area contributed by atoms with Crippen molar-refractivity contribution in [1.82, 2.24) is 4.98 Å². The van der Waals surface area contributed by atoms with Crippen LogP contribution in [0.15, 0.2) is 89.7 Å². The molecule has 0 atom stereocenters. The van der Waals surface area contributed by atoms with Gasteiger partial charge in [-0.2, -0.15) is 0 Å². The molecule has 4 rings (SSSR count). The molecule has 0 fully saturated rings. The molecule has 6 heteroatoms. The minimum Gasteiger partial charge on any atom is -0.496 e. The van der Waals surface area contributed by atoms with Gasteiger partial charge in [0.15, 0.2) is 17.8 Å². The van der Waals surface area contributed by atoms with Crippen LogP contribution in [-0.2, 0) is 0 Å². The number of carbonyl (C=O) groups is 1. The van der Waals surface area contributed by atoms with Gasteiger partial charge >= 0.3 is 0 Å². The number of nitrogens with one attached hydrogen (secondary N) is 1. The van der Waals surface area contributed by atoms with Crippen LogP contribution in [-0.4, -0.2) is 18.0 Å². The summed E-state index contributed by atoms with van der Waals surface area (Å²) in [4.78, 5) is 16.9. The van der Waals surface area contributed by atoms with Crippen LogP contribution in [0, 0.1) is 0 Å². The number of amides is 1. The lowest BCUT2D eigenvalue weighted by atomic mass is 10.1. The van der Waals surface area contributed by atoms with E-state index in [9.17, 15) is 4.79 Å². The number of para-hydroxylation sites is 2. The molecule has 3 aromatic carbocycles. The highest BCUT2D eigenvalue weighted by molar-refractivity contribution is 6.06. The number of aromatic nitrogens is 1. The lowest BCUT2D eigenvalue weighted by Crippen LogP contribution is -2.13. The third kappa shape index (κ3) is 4.11. The van der Waals surface area contributed by atoms with E-state index >= 15 is 0 Å². The van der Waals surface area contributed by atoms with Crippen molar-refractivity contribution in [2.24, 2.45) is 0 Å². The van der Waals surface area contributed by atoms with Crippen molar-refractivity contribution in [1.29, 1.82) is 0 Å². The summed E-state index contributed by atoms with van der Waals surface area (Å²) in [7, 11) is 1.56. The number of anilines is 1. The molecule has 0 saturated carbocycles. The molecule has 0 bridgehead atoms. The number of methoxy groups -OCH3 is 1. The number of hydrogen-bond acceptors (Lipinski definition) is 5. The average molecular weight is 386 g/mol. The van der Waals surface area contributed by atoms with Crippen molar-refractivity contribution in [3.63, 3.8) is 0 Å². The molecule has 0 aliphatic carbocycles. The molecule has 1 N–H and O–H groups in total. The van der Waals surface area contributed by atoms with Gasteiger partial charge in [0, 0.05) is 11.8 Å². The van der Waals surface area contributed by atoms with Crippen LogP contribution in [0.2, 0.25) is 0 Å². The number of carbonyl (C=O) groups excluding carboxylic acids is 1. The van der Waals surface area contributed by atoms with E-state index in [4.69, 9.17) is 13.9 Å². The highest BCUT2D eigenvalue weighted by Gasteiger charge is 2.21. The van der Waals surface area contributed by atoms with E-state index in [1.165, 1.54) is 6.39 Å². The number of oxazole rings is 1. The smallest absolute Gasteiger partial charge is 0.278 e. The Hall–Kier alpha value is -4.06. The topological polar surface area (TPSA) is 73.6 Å². The molecule has 0 aliphatic heterocycles. The standard InChI is InChI=1S/C23H18N2O4/c1-27-20-13-6-5-12-19(20)22-21(24-15-28-22)23(26)25-16-8-7-11-18(14-16)29-17-9-3-2-4-10-17/h2-15H,1H3,(H,25,26). The van der Waals surface area contributed by atoms with Crippen molar-refractivity contribution < 1.29 is 18.7 Å². The van der Waals surface area contributed by atoms with E-state index in [1.54, 1.807) is 31.4 Å². The molecule has 0 spiro atoms. The fourth-order valence-electron chi connectivity index (χ4n) is 2.88. The van der Waals surface area contributed by atoms with Crippen LogP contribution in [0.1, 0.15) is 10.5 Å². The minimum absolute atomic E-state index is 0.170. The van der Waals surface area contributed by atoms with Crippen molar-refractivity contribution in [2.75, 3.05) is 12.4 Å². The van der Waals surface area contributed by atoms with Gasteiger partial charge in [-0.05, 0) is 36.4 Å². The molecule has 144 valence electrons. The SMILES string of the molecule is COc1ccccc1-c1ocnc1C(=O)Nc1cccc(Oc2ccccc2)c1. The maximum atomic E-state index is 12.8. The number of ether oxygens (including phenoxy) is 2. The summed E-state index contributed by atoms with van der Waals surface area (Å²) >= 11 is 0. The van der Waals surface area contributed by atoms with Gasteiger partial charge in [0.2, 0.25) is 0 Å². The van der Waals surface area contributed by atoms with Gasteiger partial charge in [-0.15, -0.1) is 0 Å².